The predicted molar refractivity (Wildman–Crippen MR) is 123 cm³/mol. The third-order valence-electron chi connectivity index (χ3n) is 5.64. The number of ether oxygens (including phenoxy) is 2. The normalized spacial score (nSPS) is 16.2. The van der Waals surface area contributed by atoms with Crippen molar-refractivity contribution in [2.24, 2.45) is 0 Å². The fourth-order valence-electron chi connectivity index (χ4n) is 3.81. The highest BCUT2D eigenvalue weighted by Crippen LogP contribution is 2.36. The van der Waals surface area contributed by atoms with Crippen LogP contribution in [-0.2, 0) is 20.4 Å². The highest BCUT2D eigenvalue weighted by atomic mass is 19.4. The second kappa shape index (κ2) is 9.52. The highest BCUT2D eigenvalue weighted by Gasteiger charge is 2.36. The third kappa shape index (κ3) is 5.50. The summed E-state index contributed by atoms with van der Waals surface area (Å²) in [6.45, 7) is 7.66. The molecule has 0 saturated carbocycles. The molecule has 1 aliphatic rings. The number of halogens is 3. The van der Waals surface area contributed by atoms with Crippen molar-refractivity contribution in [3.8, 4) is 11.3 Å². The number of rotatable bonds is 5. The average Bonchev–Trinajstić information content (AvgIpc) is 3.23. The SMILES string of the molecule is C[C@H](C(=O)OC(C)(C)C)n1cnn2cc(-c3nc(NC4CCOCC4)ncc3C(F)(F)F)cc2c1=O. The molecule has 0 aromatic carbocycles. The molecule has 1 fully saturated rings. The molecule has 13 heteroatoms. The Bertz CT molecular complexity index is 1320. The van der Waals surface area contributed by atoms with Gasteiger partial charge in [-0.05, 0) is 46.6 Å². The molecular formula is C23H27F3N6O4. The Kier molecular flexibility index (Phi) is 6.78. The van der Waals surface area contributed by atoms with Gasteiger partial charge in [0.1, 0.15) is 29.1 Å². The number of alkyl halides is 3. The first-order valence-electron chi connectivity index (χ1n) is 11.4. The van der Waals surface area contributed by atoms with Gasteiger partial charge in [0.05, 0.1) is 5.69 Å². The number of hydrogen-bond donors (Lipinski definition) is 1. The summed E-state index contributed by atoms with van der Waals surface area (Å²) in [5, 5.41) is 7.17. The maximum atomic E-state index is 13.8. The van der Waals surface area contributed by atoms with Gasteiger partial charge in [0, 0.05) is 37.2 Å². The molecule has 1 saturated heterocycles. The van der Waals surface area contributed by atoms with Gasteiger partial charge < -0.3 is 14.8 Å². The van der Waals surface area contributed by atoms with Crippen LogP contribution < -0.4 is 10.9 Å². The lowest BCUT2D eigenvalue weighted by molar-refractivity contribution is -0.158. The fourth-order valence-corrected chi connectivity index (χ4v) is 3.81. The van der Waals surface area contributed by atoms with Crippen molar-refractivity contribution >= 4 is 17.4 Å². The second-order valence-corrected chi connectivity index (χ2v) is 9.60. The lowest BCUT2D eigenvalue weighted by Crippen LogP contribution is -2.34. The summed E-state index contributed by atoms with van der Waals surface area (Å²) in [6, 6.07) is 0.246. The van der Waals surface area contributed by atoms with Crippen LogP contribution in [0.15, 0.2) is 29.6 Å². The lowest BCUT2D eigenvalue weighted by atomic mass is 10.1. The van der Waals surface area contributed by atoms with Crippen LogP contribution in [-0.4, -0.2) is 55.0 Å². The van der Waals surface area contributed by atoms with Crippen LogP contribution in [0, 0.1) is 0 Å². The Balaban J connectivity index is 1.73. The number of nitrogens with zero attached hydrogens (tertiary/aromatic N) is 5. The van der Waals surface area contributed by atoms with E-state index in [1.54, 1.807) is 20.8 Å². The monoisotopic (exact) mass is 508 g/mol. The van der Waals surface area contributed by atoms with E-state index in [-0.39, 0.29) is 28.8 Å². The lowest BCUT2D eigenvalue weighted by Gasteiger charge is -2.23. The summed E-state index contributed by atoms with van der Waals surface area (Å²) in [7, 11) is 0. The second-order valence-electron chi connectivity index (χ2n) is 9.60. The Labute approximate surface area is 204 Å². The molecule has 1 aliphatic heterocycles. The van der Waals surface area contributed by atoms with Gasteiger partial charge in [0.15, 0.2) is 0 Å². The Morgan fingerprint density at radius 1 is 1.25 bits per heavy atom. The van der Waals surface area contributed by atoms with Crippen molar-refractivity contribution < 1.29 is 27.4 Å². The molecule has 3 aromatic heterocycles. The Hall–Kier alpha value is -3.48. The van der Waals surface area contributed by atoms with E-state index < -0.39 is 34.9 Å². The molecule has 0 unspecified atom stereocenters. The number of aromatic nitrogens is 5. The van der Waals surface area contributed by atoms with Gasteiger partial charge in [0.25, 0.3) is 5.56 Å². The summed E-state index contributed by atoms with van der Waals surface area (Å²) in [6.07, 6.45) is -0.210. The van der Waals surface area contributed by atoms with E-state index in [1.165, 1.54) is 19.2 Å². The van der Waals surface area contributed by atoms with Crippen LogP contribution in [0.1, 0.15) is 52.1 Å². The van der Waals surface area contributed by atoms with E-state index in [0.29, 0.717) is 26.1 Å². The molecular weight excluding hydrogens is 481 g/mol. The zero-order valence-electron chi connectivity index (χ0n) is 20.3. The quantitative estimate of drug-likeness (QED) is 0.522. The van der Waals surface area contributed by atoms with Gasteiger partial charge >= 0.3 is 12.1 Å². The minimum Gasteiger partial charge on any atom is -0.458 e. The van der Waals surface area contributed by atoms with Crippen LogP contribution in [0.3, 0.4) is 0 Å². The van der Waals surface area contributed by atoms with E-state index in [0.717, 1.165) is 21.6 Å². The molecule has 0 aliphatic carbocycles. The predicted octanol–water partition coefficient (Wildman–Crippen LogP) is 3.47. The summed E-state index contributed by atoms with van der Waals surface area (Å²) in [4.78, 5) is 33.6. The molecule has 194 valence electrons. The topological polar surface area (TPSA) is 113 Å². The van der Waals surface area contributed by atoms with E-state index in [2.05, 4.69) is 20.4 Å². The zero-order valence-corrected chi connectivity index (χ0v) is 20.3. The highest BCUT2D eigenvalue weighted by molar-refractivity contribution is 5.75. The van der Waals surface area contributed by atoms with Gasteiger partial charge in [0.2, 0.25) is 5.95 Å². The minimum atomic E-state index is -4.72. The first-order valence-corrected chi connectivity index (χ1v) is 11.4. The summed E-state index contributed by atoms with van der Waals surface area (Å²) in [5.41, 5.74) is -2.79. The van der Waals surface area contributed by atoms with Gasteiger partial charge in [-0.1, -0.05) is 0 Å². The molecule has 1 atom stereocenters. The van der Waals surface area contributed by atoms with Crippen molar-refractivity contribution in [2.45, 2.75) is 64.4 Å². The van der Waals surface area contributed by atoms with Crippen LogP contribution in [0.2, 0.25) is 0 Å². The molecule has 0 bridgehead atoms. The average molecular weight is 509 g/mol. The standard InChI is InChI=1S/C23H27F3N6O4/c1-13(20(34)36-22(2,3)4)31-12-28-32-11-14(9-17(32)19(31)33)18-16(23(24,25)26)10-27-21(30-18)29-15-5-7-35-8-6-15/h9-13,15H,5-8H2,1-4H3,(H,27,29,30)/t13-/m1/s1. The number of esters is 1. The van der Waals surface area contributed by atoms with Crippen LogP contribution in [0.25, 0.3) is 16.8 Å². The fraction of sp³-hybridized carbons (Fsp3) is 0.522. The van der Waals surface area contributed by atoms with Gasteiger partial charge in [-0.15, -0.1) is 0 Å². The Morgan fingerprint density at radius 2 is 1.94 bits per heavy atom. The van der Waals surface area contributed by atoms with Crippen LogP contribution in [0.5, 0.6) is 0 Å². The number of fused-ring (bicyclic) bond motifs is 1. The molecule has 0 radical (unpaired) electrons. The maximum absolute atomic E-state index is 13.8. The zero-order chi connectivity index (χ0) is 26.3. The molecule has 0 amide bonds. The van der Waals surface area contributed by atoms with Gasteiger partial charge in [-0.2, -0.15) is 18.3 Å². The summed E-state index contributed by atoms with van der Waals surface area (Å²) in [5.74, 6) is -0.592. The molecule has 0 spiro atoms. The third-order valence-corrected chi connectivity index (χ3v) is 5.64. The summed E-state index contributed by atoms with van der Waals surface area (Å²) < 4.78 is 54.3. The van der Waals surface area contributed by atoms with Crippen LogP contribution >= 0.6 is 0 Å². The molecule has 36 heavy (non-hydrogen) atoms. The minimum absolute atomic E-state index is 0.0198. The smallest absolute Gasteiger partial charge is 0.419 e. The largest absolute Gasteiger partial charge is 0.458 e. The first-order chi connectivity index (χ1) is 16.8. The van der Waals surface area contributed by atoms with Crippen molar-refractivity contribution in [1.82, 2.24) is 24.1 Å². The first kappa shape index (κ1) is 25.6. The van der Waals surface area contributed by atoms with Gasteiger partial charge in [-0.3, -0.25) is 9.36 Å². The maximum Gasteiger partial charge on any atom is 0.419 e. The van der Waals surface area contributed by atoms with E-state index in [9.17, 15) is 22.8 Å². The van der Waals surface area contributed by atoms with Gasteiger partial charge in [-0.25, -0.2) is 19.3 Å². The van der Waals surface area contributed by atoms with Crippen LogP contribution in [0.4, 0.5) is 19.1 Å². The van der Waals surface area contributed by atoms with Crippen molar-refractivity contribution in [2.75, 3.05) is 18.5 Å². The molecule has 10 nitrogen and oxygen atoms in total. The Morgan fingerprint density at radius 3 is 2.58 bits per heavy atom. The van der Waals surface area contributed by atoms with Crippen molar-refractivity contribution in [1.29, 1.82) is 0 Å². The molecule has 4 rings (SSSR count). The van der Waals surface area contributed by atoms with E-state index in [1.807, 2.05) is 0 Å². The van der Waals surface area contributed by atoms with Crippen molar-refractivity contribution in [3.05, 3.63) is 40.7 Å². The summed E-state index contributed by atoms with van der Waals surface area (Å²) >= 11 is 0. The van der Waals surface area contributed by atoms with E-state index in [4.69, 9.17) is 9.47 Å². The number of carbonyl (C=O) groups excluding carboxylic acids is 1. The molecule has 1 N–H and O–H groups in total. The molecule has 4 heterocycles. The number of hydrogen-bond acceptors (Lipinski definition) is 8. The number of nitrogens with one attached hydrogen (secondary N) is 1. The molecule has 3 aromatic rings. The van der Waals surface area contributed by atoms with Crippen molar-refractivity contribution in [3.63, 3.8) is 0 Å². The van der Waals surface area contributed by atoms with E-state index >= 15 is 0 Å². The number of anilines is 1. The number of carbonyl (C=O) groups is 1.